The van der Waals surface area contributed by atoms with E-state index >= 15 is 8.78 Å². The number of carbonyl (C=O) groups is 3. The number of hydrogen-bond donors (Lipinski definition) is 1. The molecule has 4 aliphatic rings. The Labute approximate surface area is 195 Å². The van der Waals surface area contributed by atoms with E-state index in [-0.39, 0.29) is 31.3 Å². The van der Waals surface area contributed by atoms with Crippen molar-refractivity contribution in [2.45, 2.75) is 70.0 Å². The summed E-state index contributed by atoms with van der Waals surface area (Å²) in [4.78, 5) is 37.4. The van der Waals surface area contributed by atoms with Crippen LogP contribution in [0.25, 0.3) is 0 Å². The summed E-state index contributed by atoms with van der Waals surface area (Å²) in [5.41, 5.74) is -5.50. The summed E-state index contributed by atoms with van der Waals surface area (Å²) in [5, 5.41) is 10.6. The van der Waals surface area contributed by atoms with Crippen molar-refractivity contribution in [2.24, 2.45) is 29.1 Å². The zero-order chi connectivity index (χ0) is 24.3. The van der Waals surface area contributed by atoms with Gasteiger partial charge in [0.1, 0.15) is 12.2 Å². The summed E-state index contributed by atoms with van der Waals surface area (Å²) in [6, 6.07) is -1.01. The van der Waals surface area contributed by atoms with Crippen molar-refractivity contribution in [1.82, 2.24) is 0 Å². The third kappa shape index (κ3) is 3.21. The van der Waals surface area contributed by atoms with E-state index in [9.17, 15) is 23.9 Å². The number of esters is 1. The molecule has 4 rings (SSSR count). The van der Waals surface area contributed by atoms with Crippen molar-refractivity contribution in [1.29, 1.82) is 0 Å². The number of thioether (sulfide) groups is 1. The van der Waals surface area contributed by atoms with Gasteiger partial charge in [-0.05, 0) is 61.6 Å². The van der Waals surface area contributed by atoms with E-state index in [0.29, 0.717) is 11.8 Å². The fourth-order valence-corrected chi connectivity index (χ4v) is 7.80. The van der Waals surface area contributed by atoms with Gasteiger partial charge in [-0.25, -0.2) is 13.2 Å². The van der Waals surface area contributed by atoms with Gasteiger partial charge in [-0.2, -0.15) is 0 Å². The van der Waals surface area contributed by atoms with Crippen molar-refractivity contribution in [3.8, 4) is 0 Å². The van der Waals surface area contributed by atoms with Gasteiger partial charge in [0.05, 0.1) is 6.10 Å². The Morgan fingerprint density at radius 1 is 1.27 bits per heavy atom. The molecule has 0 amide bonds. The minimum atomic E-state index is -2.28. The predicted molar refractivity (Wildman–Crippen MR) is 116 cm³/mol. The molecule has 0 saturated heterocycles. The highest BCUT2D eigenvalue weighted by Gasteiger charge is 2.74. The Morgan fingerprint density at radius 2 is 1.97 bits per heavy atom. The van der Waals surface area contributed by atoms with E-state index < -0.39 is 75.5 Å². The van der Waals surface area contributed by atoms with Gasteiger partial charge in [-0.15, -0.1) is 0 Å². The molecule has 0 aromatic heterocycles. The summed E-state index contributed by atoms with van der Waals surface area (Å²) in [6.45, 7) is 4.77. The number of fused-ring (bicyclic) bond motifs is 5. The van der Waals surface area contributed by atoms with Crippen LogP contribution in [0.3, 0.4) is 0 Å². The van der Waals surface area contributed by atoms with E-state index in [2.05, 4.69) is 0 Å². The SMILES string of the molecule is CCC(=O)O[C@@]1(C(=O)SCF)C2C[C@H](O)[C@@]3(F)[C@@H](C[C@H](F)C4=CC(=O)C=C[C@@]43C)[C@@H]2C[C@H]1C. The van der Waals surface area contributed by atoms with Gasteiger partial charge in [0.15, 0.2) is 17.1 Å². The van der Waals surface area contributed by atoms with Crippen molar-refractivity contribution < 1.29 is 37.4 Å². The molecule has 1 N–H and O–H groups in total. The molecule has 3 saturated carbocycles. The minimum Gasteiger partial charge on any atom is -0.449 e. The molecule has 0 aliphatic heterocycles. The summed E-state index contributed by atoms with van der Waals surface area (Å²) < 4.78 is 51.3. The van der Waals surface area contributed by atoms with E-state index in [1.54, 1.807) is 13.8 Å². The van der Waals surface area contributed by atoms with Crippen LogP contribution in [0.4, 0.5) is 13.2 Å². The van der Waals surface area contributed by atoms with Gasteiger partial charge in [0.25, 0.3) is 0 Å². The Kier molecular flexibility index (Phi) is 6.13. The summed E-state index contributed by atoms with van der Waals surface area (Å²) in [7, 11) is 0. The van der Waals surface area contributed by atoms with Crippen LogP contribution < -0.4 is 0 Å². The molecule has 9 atom stereocenters. The standard InChI is InChI=1S/C24H29F3O5S/c1-4-20(30)32-23(21(31)33-11-25)12(2)7-14-15(23)10-19(29)24(27)16(14)9-18(26)17-8-13(28)5-6-22(17,24)3/h5-6,8,12,14-16,18-19,29H,4,7,9-11H2,1-3H3/t12-,14-,15?,16+,18+,19+,22+,23-,24+/m1/s1. The Balaban J connectivity index is 1.81. The lowest BCUT2D eigenvalue weighted by Gasteiger charge is -2.60. The largest absolute Gasteiger partial charge is 0.449 e. The number of aliphatic hydroxyl groups is 1. The number of aliphatic hydroxyl groups excluding tert-OH is 1. The number of halogens is 3. The zero-order valence-electron chi connectivity index (χ0n) is 18.9. The molecule has 182 valence electrons. The predicted octanol–water partition coefficient (Wildman–Crippen LogP) is 4.04. The summed E-state index contributed by atoms with van der Waals surface area (Å²) >= 11 is 0.397. The highest BCUT2D eigenvalue weighted by Crippen LogP contribution is 2.67. The van der Waals surface area contributed by atoms with Crippen molar-refractivity contribution in [3.05, 3.63) is 23.8 Å². The van der Waals surface area contributed by atoms with E-state index in [1.165, 1.54) is 19.1 Å². The average Bonchev–Trinajstić information content (AvgIpc) is 3.04. The van der Waals surface area contributed by atoms with Crippen molar-refractivity contribution >= 4 is 28.6 Å². The molecule has 1 unspecified atom stereocenters. The van der Waals surface area contributed by atoms with Crippen LogP contribution in [0.15, 0.2) is 23.8 Å². The molecule has 3 fully saturated rings. The van der Waals surface area contributed by atoms with Gasteiger partial charge in [-0.3, -0.25) is 14.4 Å². The maximum atomic E-state index is 17.0. The zero-order valence-corrected chi connectivity index (χ0v) is 19.7. The first-order valence-electron chi connectivity index (χ1n) is 11.4. The molecule has 0 bridgehead atoms. The smallest absolute Gasteiger partial charge is 0.306 e. The van der Waals surface area contributed by atoms with Crippen molar-refractivity contribution in [2.75, 3.05) is 6.01 Å². The lowest BCUT2D eigenvalue weighted by molar-refractivity contribution is -0.203. The number of ketones is 1. The van der Waals surface area contributed by atoms with E-state index in [4.69, 9.17) is 4.74 Å². The van der Waals surface area contributed by atoms with Crippen LogP contribution in [0, 0.1) is 29.1 Å². The van der Waals surface area contributed by atoms with Crippen LogP contribution in [-0.4, -0.2) is 51.5 Å². The number of alkyl halides is 3. The second-order valence-corrected chi connectivity index (χ2v) is 10.8. The molecule has 9 heteroatoms. The first-order valence-corrected chi connectivity index (χ1v) is 12.4. The number of ether oxygens (including phenoxy) is 1. The molecule has 0 aromatic carbocycles. The highest BCUT2D eigenvalue weighted by atomic mass is 32.2. The first-order chi connectivity index (χ1) is 15.5. The van der Waals surface area contributed by atoms with Crippen LogP contribution in [-0.2, 0) is 19.1 Å². The normalized spacial score (nSPS) is 46.2. The monoisotopic (exact) mass is 486 g/mol. The Hall–Kier alpha value is -1.61. The second kappa shape index (κ2) is 8.26. The van der Waals surface area contributed by atoms with Gasteiger partial charge in [-0.1, -0.05) is 19.9 Å². The fourth-order valence-electron chi connectivity index (χ4n) is 7.08. The molecule has 0 heterocycles. The maximum absolute atomic E-state index is 17.0. The third-order valence-corrected chi connectivity index (χ3v) is 9.28. The fraction of sp³-hybridized carbons (Fsp3) is 0.708. The van der Waals surface area contributed by atoms with Gasteiger partial charge in [0.2, 0.25) is 5.12 Å². The molecule has 5 nitrogen and oxygen atoms in total. The average molecular weight is 487 g/mol. The van der Waals surface area contributed by atoms with Gasteiger partial charge in [0, 0.05) is 29.6 Å². The molecule has 0 aromatic rings. The summed E-state index contributed by atoms with van der Waals surface area (Å²) in [6.07, 6.45) is 0.284. The van der Waals surface area contributed by atoms with Crippen LogP contribution in [0.5, 0.6) is 0 Å². The minimum absolute atomic E-state index is 0.00391. The number of carbonyl (C=O) groups excluding carboxylic acids is 3. The highest BCUT2D eigenvalue weighted by molar-refractivity contribution is 8.13. The van der Waals surface area contributed by atoms with Crippen LogP contribution in [0.1, 0.15) is 46.5 Å². The Morgan fingerprint density at radius 3 is 2.61 bits per heavy atom. The Bertz CT molecular complexity index is 937. The second-order valence-electron chi connectivity index (χ2n) is 9.94. The topological polar surface area (TPSA) is 80.7 Å². The van der Waals surface area contributed by atoms with Crippen LogP contribution >= 0.6 is 11.8 Å². The molecule has 4 aliphatic carbocycles. The van der Waals surface area contributed by atoms with Crippen LogP contribution in [0.2, 0.25) is 0 Å². The lowest BCUT2D eigenvalue weighted by atomic mass is 9.47. The number of rotatable bonds is 4. The molecule has 0 spiro atoms. The number of hydrogen-bond acceptors (Lipinski definition) is 6. The number of allylic oxidation sites excluding steroid dienone is 4. The molecular weight excluding hydrogens is 457 g/mol. The van der Waals surface area contributed by atoms with E-state index in [1.807, 2.05) is 0 Å². The lowest BCUT2D eigenvalue weighted by Crippen LogP contribution is -2.68. The summed E-state index contributed by atoms with van der Waals surface area (Å²) in [5.74, 6) is -3.94. The molecular formula is C24H29F3O5S. The quantitative estimate of drug-likeness (QED) is 0.604. The maximum Gasteiger partial charge on any atom is 0.306 e. The van der Waals surface area contributed by atoms with Crippen molar-refractivity contribution in [3.63, 3.8) is 0 Å². The third-order valence-electron chi connectivity index (χ3n) is 8.59. The molecule has 0 radical (unpaired) electrons. The molecule has 33 heavy (non-hydrogen) atoms. The van der Waals surface area contributed by atoms with Gasteiger partial charge >= 0.3 is 5.97 Å². The first kappa shape index (κ1) is 24.5. The van der Waals surface area contributed by atoms with Gasteiger partial charge < -0.3 is 9.84 Å². The van der Waals surface area contributed by atoms with E-state index in [0.717, 1.165) is 6.08 Å².